The van der Waals surface area contributed by atoms with Crippen molar-refractivity contribution in [3.63, 3.8) is 0 Å². The molecule has 104 valence electrons. The highest BCUT2D eigenvalue weighted by atomic mass is 16.2. The van der Waals surface area contributed by atoms with Gasteiger partial charge in [-0.25, -0.2) is 0 Å². The van der Waals surface area contributed by atoms with Crippen LogP contribution in [0.2, 0.25) is 0 Å². The van der Waals surface area contributed by atoms with Gasteiger partial charge in [-0.2, -0.15) is 0 Å². The molecule has 1 saturated carbocycles. The van der Waals surface area contributed by atoms with Crippen LogP contribution in [0.4, 0.5) is 0 Å². The molecule has 0 aromatic heterocycles. The molecule has 1 rings (SSSR count). The van der Waals surface area contributed by atoms with E-state index in [2.05, 4.69) is 10.2 Å². The lowest BCUT2D eigenvalue weighted by Crippen LogP contribution is -2.35. The van der Waals surface area contributed by atoms with E-state index in [-0.39, 0.29) is 11.8 Å². The number of nitrogens with one attached hydrogen (secondary N) is 1. The Labute approximate surface area is 110 Å². The average molecular weight is 255 g/mol. The average Bonchev–Trinajstić information content (AvgIpc) is 3.08. The molecule has 1 fully saturated rings. The van der Waals surface area contributed by atoms with Crippen molar-refractivity contribution in [1.82, 2.24) is 15.1 Å². The number of amides is 2. The molecule has 0 saturated heterocycles. The summed E-state index contributed by atoms with van der Waals surface area (Å²) in [6.07, 6.45) is 3.55. The smallest absolute Gasteiger partial charge is 0.221 e. The van der Waals surface area contributed by atoms with Crippen molar-refractivity contribution in [3.8, 4) is 0 Å². The highest BCUT2D eigenvalue weighted by molar-refractivity contribution is 5.78. The van der Waals surface area contributed by atoms with Crippen LogP contribution in [0, 0.1) is 0 Å². The summed E-state index contributed by atoms with van der Waals surface area (Å²) < 4.78 is 0. The van der Waals surface area contributed by atoms with Crippen LogP contribution in [-0.4, -0.2) is 61.4 Å². The van der Waals surface area contributed by atoms with E-state index in [0.29, 0.717) is 25.6 Å². The molecule has 1 aliphatic carbocycles. The van der Waals surface area contributed by atoms with Gasteiger partial charge in [-0.05, 0) is 39.9 Å². The minimum atomic E-state index is 0.0423. The molecule has 18 heavy (non-hydrogen) atoms. The summed E-state index contributed by atoms with van der Waals surface area (Å²) in [5.74, 6) is 0.124. The van der Waals surface area contributed by atoms with Gasteiger partial charge >= 0.3 is 0 Å². The normalized spacial score (nSPS) is 14.7. The van der Waals surface area contributed by atoms with Gasteiger partial charge < -0.3 is 15.1 Å². The van der Waals surface area contributed by atoms with Crippen molar-refractivity contribution in [2.45, 2.75) is 38.6 Å². The number of hydrogen-bond donors (Lipinski definition) is 1. The van der Waals surface area contributed by atoms with Crippen molar-refractivity contribution in [2.24, 2.45) is 0 Å². The fourth-order valence-corrected chi connectivity index (χ4v) is 1.92. The van der Waals surface area contributed by atoms with Crippen LogP contribution in [0.15, 0.2) is 0 Å². The molecule has 1 N–H and O–H groups in total. The van der Waals surface area contributed by atoms with Crippen molar-refractivity contribution in [2.75, 3.05) is 33.7 Å². The summed E-state index contributed by atoms with van der Waals surface area (Å²) in [6.45, 7) is 3.81. The van der Waals surface area contributed by atoms with E-state index in [1.54, 1.807) is 6.92 Å². The molecule has 1 aliphatic rings. The Kier molecular flexibility index (Phi) is 6.12. The number of carbonyl (C=O) groups excluding carboxylic acids is 2. The van der Waals surface area contributed by atoms with Gasteiger partial charge in [0, 0.05) is 32.5 Å². The summed E-state index contributed by atoms with van der Waals surface area (Å²) in [4.78, 5) is 26.9. The van der Waals surface area contributed by atoms with Gasteiger partial charge in [-0.1, -0.05) is 0 Å². The second kappa shape index (κ2) is 7.36. The van der Waals surface area contributed by atoms with E-state index in [1.165, 1.54) is 0 Å². The first-order valence-corrected chi connectivity index (χ1v) is 6.69. The molecule has 0 spiro atoms. The second-order valence-corrected chi connectivity index (χ2v) is 5.20. The van der Waals surface area contributed by atoms with Crippen molar-refractivity contribution < 1.29 is 9.59 Å². The first-order chi connectivity index (χ1) is 8.50. The zero-order valence-corrected chi connectivity index (χ0v) is 11.7. The van der Waals surface area contributed by atoms with Crippen LogP contribution in [0.5, 0.6) is 0 Å². The quantitative estimate of drug-likeness (QED) is 0.641. The summed E-state index contributed by atoms with van der Waals surface area (Å²) >= 11 is 0. The first kappa shape index (κ1) is 15.0. The fourth-order valence-electron chi connectivity index (χ4n) is 1.92. The molecule has 5 heteroatoms. The van der Waals surface area contributed by atoms with E-state index in [0.717, 1.165) is 25.8 Å². The zero-order valence-electron chi connectivity index (χ0n) is 11.7. The lowest BCUT2D eigenvalue weighted by molar-refractivity contribution is -0.130. The Bertz CT molecular complexity index is 288. The molecule has 5 nitrogen and oxygen atoms in total. The van der Waals surface area contributed by atoms with Crippen LogP contribution >= 0.6 is 0 Å². The number of carbonyl (C=O) groups is 2. The minimum Gasteiger partial charge on any atom is -0.356 e. The maximum absolute atomic E-state index is 11.6. The number of hydrogen-bond acceptors (Lipinski definition) is 3. The van der Waals surface area contributed by atoms with Crippen LogP contribution in [-0.2, 0) is 9.59 Å². The third-order valence-corrected chi connectivity index (χ3v) is 3.08. The summed E-state index contributed by atoms with van der Waals surface area (Å²) in [5, 5.41) is 2.89. The largest absolute Gasteiger partial charge is 0.356 e. The maximum Gasteiger partial charge on any atom is 0.221 e. The third-order valence-electron chi connectivity index (χ3n) is 3.08. The maximum atomic E-state index is 11.6. The molecule has 0 radical (unpaired) electrons. The summed E-state index contributed by atoms with van der Waals surface area (Å²) in [7, 11) is 4.03. The third kappa shape index (κ3) is 6.00. The predicted octanol–water partition coefficient (Wildman–Crippen LogP) is 0.455. The molecule has 0 aromatic carbocycles. The molecule has 0 unspecified atom stereocenters. The molecule has 0 aliphatic heterocycles. The molecular weight excluding hydrogens is 230 g/mol. The van der Waals surface area contributed by atoms with E-state index < -0.39 is 0 Å². The highest BCUT2D eigenvalue weighted by Gasteiger charge is 2.30. The van der Waals surface area contributed by atoms with E-state index >= 15 is 0 Å². The van der Waals surface area contributed by atoms with Crippen molar-refractivity contribution in [3.05, 3.63) is 0 Å². The lowest BCUT2D eigenvalue weighted by Gasteiger charge is -2.20. The van der Waals surface area contributed by atoms with Crippen molar-refractivity contribution >= 4 is 11.8 Å². The Morgan fingerprint density at radius 3 is 2.39 bits per heavy atom. The van der Waals surface area contributed by atoms with Gasteiger partial charge in [-0.3, -0.25) is 9.59 Å². The number of nitrogens with zero attached hydrogens (tertiary/aromatic N) is 2. The number of rotatable bonds is 8. The Balaban J connectivity index is 2.10. The van der Waals surface area contributed by atoms with Crippen LogP contribution < -0.4 is 5.32 Å². The minimum absolute atomic E-state index is 0.0423. The van der Waals surface area contributed by atoms with Gasteiger partial charge in [0.05, 0.1) is 0 Å². The Morgan fingerprint density at radius 1 is 1.22 bits per heavy atom. The van der Waals surface area contributed by atoms with Crippen LogP contribution in [0.1, 0.15) is 32.6 Å². The van der Waals surface area contributed by atoms with Crippen LogP contribution in [0.3, 0.4) is 0 Å². The first-order valence-electron chi connectivity index (χ1n) is 6.69. The van der Waals surface area contributed by atoms with Gasteiger partial charge in [-0.15, -0.1) is 0 Å². The molecule has 2 amide bonds. The molecule has 0 bridgehead atoms. The van der Waals surface area contributed by atoms with Gasteiger partial charge in [0.15, 0.2) is 0 Å². The lowest BCUT2D eigenvalue weighted by atomic mass is 10.3. The Hall–Kier alpha value is -1.10. The van der Waals surface area contributed by atoms with E-state index in [4.69, 9.17) is 0 Å². The zero-order chi connectivity index (χ0) is 13.5. The molecule has 0 heterocycles. The van der Waals surface area contributed by atoms with Crippen molar-refractivity contribution in [1.29, 1.82) is 0 Å². The molecule has 0 atom stereocenters. The molecule has 0 aromatic rings. The van der Waals surface area contributed by atoms with E-state index in [9.17, 15) is 9.59 Å². The second-order valence-electron chi connectivity index (χ2n) is 5.20. The molecular formula is C13H25N3O2. The Morgan fingerprint density at radius 2 is 1.89 bits per heavy atom. The highest BCUT2D eigenvalue weighted by Crippen LogP contribution is 2.26. The van der Waals surface area contributed by atoms with Gasteiger partial charge in [0.25, 0.3) is 0 Å². The van der Waals surface area contributed by atoms with Crippen LogP contribution in [0.25, 0.3) is 0 Å². The topological polar surface area (TPSA) is 52.7 Å². The van der Waals surface area contributed by atoms with Gasteiger partial charge in [0.1, 0.15) is 0 Å². The van der Waals surface area contributed by atoms with Gasteiger partial charge in [0.2, 0.25) is 11.8 Å². The monoisotopic (exact) mass is 255 g/mol. The fraction of sp³-hybridized carbons (Fsp3) is 0.846. The predicted molar refractivity (Wildman–Crippen MR) is 71.2 cm³/mol. The SMILES string of the molecule is CC(=O)N(CCC(=O)NCCCN(C)C)C1CC1. The summed E-state index contributed by atoms with van der Waals surface area (Å²) in [6, 6.07) is 0.393. The summed E-state index contributed by atoms with van der Waals surface area (Å²) in [5.41, 5.74) is 0. The standard InChI is InChI=1S/C13H25N3O2/c1-11(17)16(12-5-6-12)10-7-13(18)14-8-4-9-15(2)3/h12H,4-10H2,1-3H3,(H,14,18). The van der Waals surface area contributed by atoms with E-state index in [1.807, 2.05) is 19.0 Å².